The third kappa shape index (κ3) is 7.26. The molecule has 0 spiro atoms. The minimum atomic E-state index is -3.32. The van der Waals surface area contributed by atoms with Crippen molar-refractivity contribution in [1.29, 1.82) is 0 Å². The summed E-state index contributed by atoms with van der Waals surface area (Å²) >= 11 is 9.10. The molecule has 9 heteroatoms. The van der Waals surface area contributed by atoms with Gasteiger partial charge in [0.2, 0.25) is 0 Å². The Morgan fingerprint density at radius 2 is 1.79 bits per heavy atom. The number of hydrogen-bond donors (Lipinski definition) is 1. The fourth-order valence-electron chi connectivity index (χ4n) is 2.30. The molecule has 0 fully saturated rings. The van der Waals surface area contributed by atoms with Gasteiger partial charge in [0.05, 0.1) is 11.3 Å². The van der Waals surface area contributed by atoms with E-state index in [1.807, 2.05) is 0 Å². The SMILES string of the molecule is CS(=O)(=O)CC[C@H](NC(=O)c1ccccc1Br)C(=O)OCc1ccc(Cl)cc1. The minimum absolute atomic E-state index is 0.0176. The quantitative estimate of drug-likeness (QED) is 0.575. The number of benzene rings is 2. The van der Waals surface area contributed by atoms with Crippen LogP contribution in [0, 0.1) is 0 Å². The van der Waals surface area contributed by atoms with E-state index in [2.05, 4.69) is 21.2 Å². The number of sulfone groups is 1. The highest BCUT2D eigenvalue weighted by Gasteiger charge is 2.25. The molecule has 0 aliphatic rings. The summed E-state index contributed by atoms with van der Waals surface area (Å²) < 4.78 is 28.8. The maximum absolute atomic E-state index is 12.5. The molecule has 0 unspecified atom stereocenters. The van der Waals surface area contributed by atoms with E-state index in [4.69, 9.17) is 16.3 Å². The summed E-state index contributed by atoms with van der Waals surface area (Å²) in [7, 11) is -3.32. The second-order valence-electron chi connectivity index (χ2n) is 6.16. The van der Waals surface area contributed by atoms with Crippen molar-refractivity contribution in [1.82, 2.24) is 5.32 Å². The van der Waals surface area contributed by atoms with Gasteiger partial charge in [-0.2, -0.15) is 0 Å². The Kier molecular flexibility index (Phi) is 8.03. The lowest BCUT2D eigenvalue weighted by atomic mass is 10.1. The van der Waals surface area contributed by atoms with Crippen LogP contribution in [0.2, 0.25) is 5.02 Å². The number of hydrogen-bond acceptors (Lipinski definition) is 5. The Morgan fingerprint density at radius 3 is 2.39 bits per heavy atom. The van der Waals surface area contributed by atoms with Crippen molar-refractivity contribution in [2.75, 3.05) is 12.0 Å². The average molecular weight is 489 g/mol. The van der Waals surface area contributed by atoms with Crippen molar-refractivity contribution in [3.05, 3.63) is 69.2 Å². The first kappa shape index (κ1) is 22.4. The third-order valence-corrected chi connectivity index (χ3v) is 5.70. The standard InChI is InChI=1S/C19H19BrClNO5S/c1-28(25,26)11-10-17(22-18(23)15-4-2-3-5-16(15)20)19(24)27-12-13-6-8-14(21)9-7-13/h2-9,17H,10-12H2,1H3,(H,22,23)/t17-/m0/s1. The van der Waals surface area contributed by atoms with Crippen LogP contribution in [0.3, 0.4) is 0 Å². The van der Waals surface area contributed by atoms with Crippen LogP contribution in [0.15, 0.2) is 53.0 Å². The zero-order valence-corrected chi connectivity index (χ0v) is 18.2. The smallest absolute Gasteiger partial charge is 0.329 e. The summed E-state index contributed by atoms with van der Waals surface area (Å²) in [6.07, 6.45) is 0.979. The van der Waals surface area contributed by atoms with Crippen molar-refractivity contribution in [2.45, 2.75) is 19.1 Å². The molecule has 0 heterocycles. The van der Waals surface area contributed by atoms with Crippen LogP contribution in [0.1, 0.15) is 22.3 Å². The average Bonchev–Trinajstić information content (AvgIpc) is 2.64. The van der Waals surface area contributed by atoms with Gasteiger partial charge in [0, 0.05) is 15.8 Å². The summed E-state index contributed by atoms with van der Waals surface area (Å²) in [6, 6.07) is 12.4. The van der Waals surface area contributed by atoms with Gasteiger partial charge in [-0.15, -0.1) is 0 Å². The van der Waals surface area contributed by atoms with E-state index in [9.17, 15) is 18.0 Å². The Bertz CT molecular complexity index is 947. The molecule has 1 amide bonds. The second kappa shape index (κ2) is 10.0. The van der Waals surface area contributed by atoms with Crippen LogP contribution in [-0.4, -0.2) is 38.3 Å². The van der Waals surface area contributed by atoms with Gasteiger partial charge in [0.25, 0.3) is 5.91 Å². The Balaban J connectivity index is 2.08. The molecular weight excluding hydrogens is 470 g/mol. The summed E-state index contributed by atoms with van der Waals surface area (Å²) in [5.41, 5.74) is 1.05. The minimum Gasteiger partial charge on any atom is -0.459 e. The third-order valence-electron chi connectivity index (χ3n) is 3.78. The van der Waals surface area contributed by atoms with Crippen molar-refractivity contribution < 1.29 is 22.7 Å². The van der Waals surface area contributed by atoms with Gasteiger partial charge in [0.1, 0.15) is 22.5 Å². The highest BCUT2D eigenvalue weighted by atomic mass is 79.9. The number of ether oxygens (including phenoxy) is 1. The molecule has 0 saturated heterocycles. The zero-order chi connectivity index (χ0) is 20.7. The van der Waals surface area contributed by atoms with E-state index in [1.165, 1.54) is 0 Å². The Labute approximate surface area is 177 Å². The molecule has 2 aromatic carbocycles. The van der Waals surface area contributed by atoms with E-state index in [1.54, 1.807) is 48.5 Å². The monoisotopic (exact) mass is 487 g/mol. The Hall–Kier alpha value is -1.90. The summed E-state index contributed by atoms with van der Waals surface area (Å²) in [4.78, 5) is 25.0. The fraction of sp³-hybridized carbons (Fsp3) is 0.263. The van der Waals surface area contributed by atoms with Crippen LogP contribution >= 0.6 is 27.5 Å². The topological polar surface area (TPSA) is 89.5 Å². The fourth-order valence-corrected chi connectivity index (χ4v) is 3.55. The molecule has 2 aromatic rings. The largest absolute Gasteiger partial charge is 0.459 e. The normalized spacial score (nSPS) is 12.2. The highest BCUT2D eigenvalue weighted by molar-refractivity contribution is 9.10. The van der Waals surface area contributed by atoms with Crippen molar-refractivity contribution in [3.8, 4) is 0 Å². The number of carbonyl (C=O) groups is 2. The van der Waals surface area contributed by atoms with E-state index >= 15 is 0 Å². The first-order valence-electron chi connectivity index (χ1n) is 8.30. The molecule has 0 bridgehead atoms. The molecule has 150 valence electrons. The molecule has 0 aliphatic carbocycles. The van der Waals surface area contributed by atoms with Gasteiger partial charge in [0.15, 0.2) is 0 Å². The summed E-state index contributed by atoms with van der Waals surface area (Å²) in [5, 5.41) is 3.12. The number of amides is 1. The molecule has 2 rings (SSSR count). The van der Waals surface area contributed by atoms with Crippen molar-refractivity contribution >= 4 is 49.2 Å². The highest BCUT2D eigenvalue weighted by Crippen LogP contribution is 2.16. The first-order valence-corrected chi connectivity index (χ1v) is 11.5. The lowest BCUT2D eigenvalue weighted by Gasteiger charge is -2.18. The lowest BCUT2D eigenvalue weighted by molar-refractivity contribution is -0.147. The van der Waals surface area contributed by atoms with Crippen LogP contribution in [0.5, 0.6) is 0 Å². The van der Waals surface area contributed by atoms with E-state index in [0.717, 1.165) is 11.8 Å². The molecule has 0 radical (unpaired) electrons. The van der Waals surface area contributed by atoms with Crippen LogP contribution in [-0.2, 0) is 26.0 Å². The lowest BCUT2D eigenvalue weighted by Crippen LogP contribution is -2.43. The maximum atomic E-state index is 12.5. The van der Waals surface area contributed by atoms with Crippen LogP contribution in [0.25, 0.3) is 0 Å². The van der Waals surface area contributed by atoms with Crippen LogP contribution in [0.4, 0.5) is 0 Å². The van der Waals surface area contributed by atoms with Gasteiger partial charge in [-0.1, -0.05) is 35.9 Å². The van der Waals surface area contributed by atoms with E-state index in [0.29, 0.717) is 15.1 Å². The predicted octanol–water partition coefficient (Wildman–Crippen LogP) is 3.38. The van der Waals surface area contributed by atoms with Gasteiger partial charge in [-0.3, -0.25) is 4.79 Å². The van der Waals surface area contributed by atoms with E-state index in [-0.39, 0.29) is 18.8 Å². The van der Waals surface area contributed by atoms with Gasteiger partial charge in [-0.25, -0.2) is 13.2 Å². The number of halogens is 2. The maximum Gasteiger partial charge on any atom is 0.329 e. The molecule has 6 nitrogen and oxygen atoms in total. The molecule has 1 atom stereocenters. The summed E-state index contributed by atoms with van der Waals surface area (Å²) in [6.45, 7) is -0.0176. The molecule has 0 aromatic heterocycles. The molecule has 0 saturated carbocycles. The zero-order valence-electron chi connectivity index (χ0n) is 15.0. The van der Waals surface area contributed by atoms with Crippen molar-refractivity contribution in [2.24, 2.45) is 0 Å². The number of carbonyl (C=O) groups excluding carboxylic acids is 2. The number of esters is 1. The Morgan fingerprint density at radius 1 is 1.14 bits per heavy atom. The predicted molar refractivity (Wildman–Crippen MR) is 111 cm³/mol. The first-order chi connectivity index (χ1) is 13.2. The summed E-state index contributed by atoms with van der Waals surface area (Å²) in [5.74, 6) is -1.47. The van der Waals surface area contributed by atoms with Gasteiger partial charge < -0.3 is 10.1 Å². The second-order valence-corrected chi connectivity index (χ2v) is 9.71. The molecule has 1 N–H and O–H groups in total. The molecular formula is C19H19BrClNO5S. The number of rotatable bonds is 8. The van der Waals surface area contributed by atoms with Crippen LogP contribution < -0.4 is 5.32 Å². The number of nitrogens with one attached hydrogen (secondary N) is 1. The van der Waals surface area contributed by atoms with Gasteiger partial charge >= 0.3 is 5.97 Å². The molecule has 0 aliphatic heterocycles. The van der Waals surface area contributed by atoms with Gasteiger partial charge in [-0.05, 0) is 52.2 Å². The van der Waals surface area contributed by atoms with Crippen molar-refractivity contribution in [3.63, 3.8) is 0 Å². The van der Waals surface area contributed by atoms with E-state index < -0.39 is 27.8 Å². The molecule has 28 heavy (non-hydrogen) atoms.